The Balaban J connectivity index is 1.96. The summed E-state index contributed by atoms with van der Waals surface area (Å²) < 4.78 is 0. The third kappa shape index (κ3) is 4.83. The van der Waals surface area contributed by atoms with Crippen LogP contribution in [0.5, 0.6) is 0 Å². The van der Waals surface area contributed by atoms with E-state index in [2.05, 4.69) is 115 Å². The highest BCUT2D eigenvalue weighted by Gasteiger charge is 2.42. The third-order valence-electron chi connectivity index (χ3n) is 5.19. The van der Waals surface area contributed by atoms with Crippen LogP contribution in [0.15, 0.2) is 60.7 Å². The normalized spacial score (nSPS) is 17.5. The Morgan fingerprint density at radius 2 is 1.11 bits per heavy atom. The van der Waals surface area contributed by atoms with Gasteiger partial charge in [0.2, 0.25) is 0 Å². The Morgan fingerprint density at radius 1 is 0.630 bits per heavy atom. The molecule has 2 aromatic carbocycles. The van der Waals surface area contributed by atoms with Crippen molar-refractivity contribution in [3.05, 3.63) is 91.5 Å². The minimum Gasteiger partial charge on any atom is -0.0979 e. The molecular weight excluding hydrogens is 362 g/mol. The van der Waals surface area contributed by atoms with Gasteiger partial charge in [-0.1, -0.05) is 103 Å². The van der Waals surface area contributed by atoms with Crippen molar-refractivity contribution < 1.29 is 0 Å². The number of benzene rings is 2. The first-order valence-corrected chi connectivity index (χ1v) is 12.8. The second kappa shape index (κ2) is 9.67. The molecule has 27 heavy (non-hydrogen) atoms. The molecule has 0 nitrogen and oxygen atoms in total. The van der Waals surface area contributed by atoms with Gasteiger partial charge < -0.3 is 0 Å². The summed E-state index contributed by atoms with van der Waals surface area (Å²) in [5.41, 5.74) is 3.67. The van der Waals surface area contributed by atoms with Crippen molar-refractivity contribution in [3.8, 4) is 0 Å². The second-order valence-corrected chi connectivity index (χ2v) is 13.6. The summed E-state index contributed by atoms with van der Waals surface area (Å²) in [5.74, 6) is 1.57. The number of hydrogen-bond donors (Lipinski definition) is 0. The molecule has 5 radical (unpaired) electrons. The summed E-state index contributed by atoms with van der Waals surface area (Å²) >= 11 is 0. The molecule has 0 aliphatic heterocycles. The first-order chi connectivity index (χ1) is 13.0. The van der Waals surface area contributed by atoms with Crippen molar-refractivity contribution in [1.82, 2.24) is 0 Å². The molecule has 1 saturated carbocycles. The van der Waals surface area contributed by atoms with E-state index in [0.717, 1.165) is 11.3 Å². The highest BCUT2D eigenvalue weighted by atomic mass is 31.1. The summed E-state index contributed by atoms with van der Waals surface area (Å²) in [7, 11) is -0.574. The Kier molecular flexibility index (Phi) is 7.53. The average molecular weight is 393 g/mol. The fraction of sp³-hybridized carbons (Fsp3) is 0.320. The first-order valence-electron chi connectivity index (χ1n) is 9.94. The minimum absolute atomic E-state index is 0.0588. The molecule has 2 aromatic rings. The van der Waals surface area contributed by atoms with Crippen molar-refractivity contribution in [2.24, 2.45) is 0 Å². The molecule has 141 valence electrons. The quantitative estimate of drug-likeness (QED) is 0.469. The van der Waals surface area contributed by atoms with Crippen LogP contribution in [0.25, 0.3) is 0 Å². The van der Waals surface area contributed by atoms with Crippen molar-refractivity contribution in [2.75, 3.05) is 0 Å². The van der Waals surface area contributed by atoms with Gasteiger partial charge in [-0.05, 0) is 60.7 Å². The first kappa shape index (κ1) is 21.0. The summed E-state index contributed by atoms with van der Waals surface area (Å²) in [4.78, 5) is 0. The molecule has 1 aliphatic carbocycles. The molecule has 0 aromatic heterocycles. The van der Waals surface area contributed by atoms with Crippen LogP contribution in [0.2, 0.25) is 0 Å². The molecule has 0 bridgehead atoms. The lowest BCUT2D eigenvalue weighted by Gasteiger charge is -2.39. The number of hydrogen-bond acceptors (Lipinski definition) is 0. The highest BCUT2D eigenvalue weighted by molar-refractivity contribution is 7.76. The largest absolute Gasteiger partial charge is 0.0979 e. The molecular formula is C25H31P2. The zero-order valence-electron chi connectivity index (χ0n) is 17.1. The molecule has 1 aliphatic rings. The summed E-state index contributed by atoms with van der Waals surface area (Å²) in [6.45, 7) is 12.1. The van der Waals surface area contributed by atoms with Gasteiger partial charge in [0.25, 0.3) is 0 Å². The second-order valence-electron chi connectivity index (χ2n) is 7.68. The van der Waals surface area contributed by atoms with Crippen LogP contribution < -0.4 is 10.6 Å². The minimum atomic E-state index is -0.515. The Hall–Kier alpha value is -0.700. The van der Waals surface area contributed by atoms with Gasteiger partial charge >= 0.3 is 0 Å². The van der Waals surface area contributed by atoms with Gasteiger partial charge in [-0.3, -0.25) is 0 Å². The fourth-order valence-electron chi connectivity index (χ4n) is 4.21. The molecule has 1 fully saturated rings. The topological polar surface area (TPSA) is 0 Å². The zero-order valence-corrected chi connectivity index (χ0v) is 18.9. The van der Waals surface area contributed by atoms with E-state index in [0.29, 0.717) is 5.66 Å². The lowest BCUT2D eigenvalue weighted by atomic mass is 10.0. The summed E-state index contributed by atoms with van der Waals surface area (Å²) in [5, 5.41) is 2.88. The maximum atomic E-state index is 2.47. The van der Waals surface area contributed by atoms with Crippen LogP contribution in [-0.4, -0.2) is 17.0 Å². The highest BCUT2D eigenvalue weighted by Crippen LogP contribution is 2.63. The molecule has 2 heteroatoms. The maximum absolute atomic E-state index is 2.47. The van der Waals surface area contributed by atoms with Crippen molar-refractivity contribution in [1.29, 1.82) is 0 Å². The van der Waals surface area contributed by atoms with Gasteiger partial charge in [-0.15, -0.1) is 0 Å². The van der Waals surface area contributed by atoms with Crippen molar-refractivity contribution in [3.63, 3.8) is 0 Å². The Morgan fingerprint density at radius 3 is 1.56 bits per heavy atom. The van der Waals surface area contributed by atoms with Gasteiger partial charge in [-0.2, -0.15) is 0 Å². The molecule has 0 saturated heterocycles. The van der Waals surface area contributed by atoms with E-state index in [9.17, 15) is 0 Å². The van der Waals surface area contributed by atoms with E-state index >= 15 is 0 Å². The van der Waals surface area contributed by atoms with Crippen LogP contribution >= 0.6 is 15.8 Å². The van der Waals surface area contributed by atoms with Gasteiger partial charge in [0, 0.05) is 5.66 Å². The van der Waals surface area contributed by atoms with Gasteiger partial charge in [-0.25, -0.2) is 0 Å². The molecule has 0 N–H and O–H groups in total. The predicted molar refractivity (Wildman–Crippen MR) is 125 cm³/mol. The smallest absolute Gasteiger partial charge is 0.0201 e. The Labute approximate surface area is 169 Å². The van der Waals surface area contributed by atoms with Crippen LogP contribution in [0, 0.1) is 30.8 Å². The van der Waals surface area contributed by atoms with Crippen molar-refractivity contribution in [2.45, 2.75) is 51.6 Å². The van der Waals surface area contributed by atoms with Gasteiger partial charge in [0.15, 0.2) is 0 Å². The zero-order chi connectivity index (χ0) is 19.4. The lowest BCUT2D eigenvalue weighted by molar-refractivity contribution is 0.915. The van der Waals surface area contributed by atoms with E-state index < -0.39 is 7.92 Å². The van der Waals surface area contributed by atoms with E-state index in [4.69, 9.17) is 0 Å². The predicted octanol–water partition coefficient (Wildman–Crippen LogP) is 6.54. The molecule has 1 atom stereocenters. The van der Waals surface area contributed by atoms with E-state index in [1.807, 2.05) is 0 Å². The van der Waals surface area contributed by atoms with Gasteiger partial charge in [0.05, 0.1) is 0 Å². The summed E-state index contributed by atoms with van der Waals surface area (Å²) in [6, 6.07) is 22.1. The molecule has 0 amide bonds. The van der Waals surface area contributed by atoms with E-state index in [1.165, 1.54) is 10.6 Å². The number of rotatable bonds is 7. The van der Waals surface area contributed by atoms with Crippen LogP contribution in [0.4, 0.5) is 0 Å². The van der Waals surface area contributed by atoms with Crippen LogP contribution in [-0.2, 0) is 0 Å². The van der Waals surface area contributed by atoms with Crippen molar-refractivity contribution >= 4 is 26.5 Å². The monoisotopic (exact) mass is 393 g/mol. The standard InChI is InChI=1S/C25H31P2/c1-19(2)26(20(3)4)21(5)24-17-12-18-25(24)27(22-13-8-6-9-14-22)23-15-10-7-11-16-23/h6-21H,1-5H3/t21-/m1/s1. The molecule has 0 heterocycles. The van der Waals surface area contributed by atoms with Crippen LogP contribution in [0.1, 0.15) is 34.6 Å². The SMILES string of the molecule is CC(C)P(C(C)C)[C@H](C)[C]1[CH][CH][CH][C]1P(c1ccccc1)c1ccccc1. The Bertz CT molecular complexity index is 632. The van der Waals surface area contributed by atoms with Gasteiger partial charge in [0.1, 0.15) is 0 Å². The van der Waals surface area contributed by atoms with E-state index in [1.54, 1.807) is 11.6 Å². The lowest BCUT2D eigenvalue weighted by Crippen LogP contribution is -2.26. The molecule has 3 rings (SSSR count). The summed E-state index contributed by atoms with van der Waals surface area (Å²) in [6.07, 6.45) is 7.05. The third-order valence-corrected chi connectivity index (χ3v) is 11.3. The fourth-order valence-corrected chi connectivity index (χ4v) is 10.4. The average Bonchev–Trinajstić information content (AvgIpc) is 3.12. The van der Waals surface area contributed by atoms with E-state index in [-0.39, 0.29) is 7.92 Å². The molecule has 0 spiro atoms. The van der Waals surface area contributed by atoms with Crippen LogP contribution in [0.3, 0.4) is 0 Å². The molecule has 0 unspecified atom stereocenters. The maximum Gasteiger partial charge on any atom is 0.0201 e.